The SMILES string of the molecule is O=C(NCCC1=CCCCC1)[C@H](Cc1ccccc1)N(Cc1ccc(F)cc1)C(=O)CCc1ccccc1. The van der Waals surface area contributed by atoms with E-state index in [1.165, 1.54) is 30.5 Å². The van der Waals surface area contributed by atoms with Crippen LogP contribution in [0.2, 0.25) is 0 Å². The highest BCUT2D eigenvalue weighted by Gasteiger charge is 2.30. The first-order valence-electron chi connectivity index (χ1n) is 13.7. The fourth-order valence-electron chi connectivity index (χ4n) is 4.98. The van der Waals surface area contributed by atoms with E-state index >= 15 is 0 Å². The largest absolute Gasteiger partial charge is 0.354 e. The van der Waals surface area contributed by atoms with Gasteiger partial charge in [-0.1, -0.05) is 84.4 Å². The summed E-state index contributed by atoms with van der Waals surface area (Å²) in [6.07, 6.45) is 9.07. The Morgan fingerprint density at radius 1 is 0.816 bits per heavy atom. The molecule has 1 aliphatic rings. The van der Waals surface area contributed by atoms with Gasteiger partial charge in [0.05, 0.1) is 0 Å². The Hall–Kier alpha value is -3.73. The quantitative estimate of drug-likeness (QED) is 0.285. The number of nitrogens with zero attached hydrogens (tertiary/aromatic N) is 1. The fourth-order valence-corrected chi connectivity index (χ4v) is 4.98. The smallest absolute Gasteiger partial charge is 0.243 e. The van der Waals surface area contributed by atoms with Crippen molar-refractivity contribution in [3.8, 4) is 0 Å². The minimum Gasteiger partial charge on any atom is -0.354 e. The van der Waals surface area contributed by atoms with Crippen LogP contribution >= 0.6 is 0 Å². The first kappa shape index (κ1) is 27.3. The molecule has 0 bridgehead atoms. The summed E-state index contributed by atoms with van der Waals surface area (Å²) in [5.41, 5.74) is 4.26. The van der Waals surface area contributed by atoms with Crippen molar-refractivity contribution in [1.29, 1.82) is 0 Å². The number of rotatable bonds is 12. The number of hydrogen-bond donors (Lipinski definition) is 1. The number of allylic oxidation sites excluding steroid dienone is 1. The topological polar surface area (TPSA) is 49.4 Å². The van der Waals surface area contributed by atoms with Gasteiger partial charge >= 0.3 is 0 Å². The standard InChI is InChI=1S/C33H37FN2O2/c34-30-19-16-29(17-20-30)25-36(32(37)21-18-26-10-4-1-5-11-26)31(24-28-14-8-3-9-15-28)33(38)35-23-22-27-12-6-2-7-13-27/h1,3-5,8-12,14-17,19-20,31H,2,6-7,13,18,21-25H2,(H,35,38)/t31-/m0/s1. The molecule has 1 N–H and O–H groups in total. The molecule has 0 heterocycles. The maximum absolute atomic E-state index is 13.7. The van der Waals surface area contributed by atoms with Gasteiger partial charge in [0.15, 0.2) is 0 Å². The van der Waals surface area contributed by atoms with Crippen molar-refractivity contribution < 1.29 is 14.0 Å². The van der Waals surface area contributed by atoms with Crippen LogP contribution in [0, 0.1) is 5.82 Å². The monoisotopic (exact) mass is 512 g/mol. The van der Waals surface area contributed by atoms with Crippen LogP contribution in [0.3, 0.4) is 0 Å². The molecule has 1 aliphatic carbocycles. The van der Waals surface area contributed by atoms with Crippen molar-refractivity contribution in [3.63, 3.8) is 0 Å². The van der Waals surface area contributed by atoms with Gasteiger partial charge in [-0.05, 0) is 67.3 Å². The molecule has 3 aromatic carbocycles. The van der Waals surface area contributed by atoms with Gasteiger partial charge in [0, 0.05) is 25.9 Å². The lowest BCUT2D eigenvalue weighted by atomic mass is 9.97. The maximum Gasteiger partial charge on any atom is 0.243 e. The molecule has 0 fully saturated rings. The molecule has 0 spiro atoms. The van der Waals surface area contributed by atoms with E-state index in [2.05, 4.69) is 11.4 Å². The zero-order valence-corrected chi connectivity index (χ0v) is 22.0. The molecule has 0 saturated carbocycles. The summed E-state index contributed by atoms with van der Waals surface area (Å²) in [7, 11) is 0. The van der Waals surface area contributed by atoms with Crippen molar-refractivity contribution in [1.82, 2.24) is 10.2 Å². The molecule has 0 radical (unpaired) electrons. The van der Waals surface area contributed by atoms with E-state index in [0.717, 1.165) is 36.0 Å². The Balaban J connectivity index is 1.55. The third-order valence-electron chi connectivity index (χ3n) is 7.14. The lowest BCUT2D eigenvalue weighted by molar-refractivity contribution is -0.141. The number of amides is 2. The highest BCUT2D eigenvalue weighted by atomic mass is 19.1. The molecule has 4 rings (SSSR count). The summed E-state index contributed by atoms with van der Waals surface area (Å²) >= 11 is 0. The van der Waals surface area contributed by atoms with Gasteiger partial charge in [-0.25, -0.2) is 4.39 Å². The number of aryl methyl sites for hydroxylation is 1. The lowest BCUT2D eigenvalue weighted by Gasteiger charge is -2.32. The van der Waals surface area contributed by atoms with Gasteiger partial charge in [0.25, 0.3) is 0 Å². The zero-order valence-electron chi connectivity index (χ0n) is 22.0. The Kier molecular flexibility index (Phi) is 10.3. The average molecular weight is 513 g/mol. The second kappa shape index (κ2) is 14.3. The summed E-state index contributed by atoms with van der Waals surface area (Å²) in [6.45, 7) is 0.794. The highest BCUT2D eigenvalue weighted by molar-refractivity contribution is 5.88. The second-order valence-corrected chi connectivity index (χ2v) is 9.99. The normalized spacial score (nSPS) is 13.9. The van der Waals surface area contributed by atoms with Gasteiger partial charge in [0.2, 0.25) is 11.8 Å². The Bertz CT molecular complexity index is 1190. The summed E-state index contributed by atoms with van der Waals surface area (Å²) in [6, 6.07) is 25.2. The second-order valence-electron chi connectivity index (χ2n) is 9.99. The third-order valence-corrected chi connectivity index (χ3v) is 7.14. The van der Waals surface area contributed by atoms with Crippen molar-refractivity contribution >= 4 is 11.8 Å². The number of benzene rings is 3. The number of halogens is 1. The van der Waals surface area contributed by atoms with E-state index in [0.29, 0.717) is 19.4 Å². The summed E-state index contributed by atoms with van der Waals surface area (Å²) < 4.78 is 13.6. The molecule has 0 aromatic heterocycles. The molecule has 38 heavy (non-hydrogen) atoms. The van der Waals surface area contributed by atoms with Crippen LogP contribution in [0.1, 0.15) is 55.2 Å². The van der Waals surface area contributed by atoms with Crippen molar-refractivity contribution in [2.45, 2.75) is 64.0 Å². The van der Waals surface area contributed by atoms with Crippen LogP contribution < -0.4 is 5.32 Å². The zero-order chi connectivity index (χ0) is 26.6. The molecule has 198 valence electrons. The van der Waals surface area contributed by atoms with E-state index in [1.807, 2.05) is 60.7 Å². The van der Waals surface area contributed by atoms with Gasteiger partial charge in [-0.3, -0.25) is 9.59 Å². The summed E-state index contributed by atoms with van der Waals surface area (Å²) in [4.78, 5) is 29.1. The van der Waals surface area contributed by atoms with E-state index in [1.54, 1.807) is 17.0 Å². The Morgan fingerprint density at radius 3 is 2.16 bits per heavy atom. The number of carbonyl (C=O) groups is 2. The number of carbonyl (C=O) groups excluding carboxylic acids is 2. The fraction of sp³-hybridized carbons (Fsp3) is 0.333. The molecule has 1 atom stereocenters. The van der Waals surface area contributed by atoms with Gasteiger partial charge in [0.1, 0.15) is 11.9 Å². The minimum atomic E-state index is -0.675. The molecule has 3 aromatic rings. The average Bonchev–Trinajstić information content (AvgIpc) is 2.96. The molecule has 4 nitrogen and oxygen atoms in total. The van der Waals surface area contributed by atoms with E-state index in [-0.39, 0.29) is 30.6 Å². The summed E-state index contributed by atoms with van der Waals surface area (Å²) in [5.74, 6) is -0.573. The molecule has 0 saturated heterocycles. The van der Waals surface area contributed by atoms with Crippen LogP contribution in [0.15, 0.2) is 96.6 Å². The minimum absolute atomic E-state index is 0.0933. The van der Waals surface area contributed by atoms with Crippen molar-refractivity contribution in [3.05, 3.63) is 119 Å². The van der Waals surface area contributed by atoms with Crippen molar-refractivity contribution in [2.75, 3.05) is 6.54 Å². The lowest BCUT2D eigenvalue weighted by Crippen LogP contribution is -2.50. The van der Waals surface area contributed by atoms with Crippen LogP contribution in [0.5, 0.6) is 0 Å². The third kappa shape index (κ3) is 8.41. The van der Waals surface area contributed by atoms with Crippen LogP contribution in [-0.2, 0) is 29.0 Å². The molecule has 0 unspecified atom stereocenters. The van der Waals surface area contributed by atoms with Crippen LogP contribution in [0.4, 0.5) is 4.39 Å². The van der Waals surface area contributed by atoms with Crippen molar-refractivity contribution in [2.24, 2.45) is 0 Å². The Morgan fingerprint density at radius 2 is 1.50 bits per heavy atom. The molecule has 2 amide bonds. The first-order valence-corrected chi connectivity index (χ1v) is 13.7. The molecule has 0 aliphatic heterocycles. The maximum atomic E-state index is 13.7. The Labute approximate surface area is 225 Å². The summed E-state index contributed by atoms with van der Waals surface area (Å²) in [5, 5.41) is 3.12. The van der Waals surface area contributed by atoms with Crippen LogP contribution in [0.25, 0.3) is 0 Å². The van der Waals surface area contributed by atoms with Crippen LogP contribution in [-0.4, -0.2) is 29.3 Å². The number of hydrogen-bond acceptors (Lipinski definition) is 2. The van der Waals surface area contributed by atoms with E-state index < -0.39 is 6.04 Å². The van der Waals surface area contributed by atoms with Gasteiger partial charge < -0.3 is 10.2 Å². The molecule has 5 heteroatoms. The van der Waals surface area contributed by atoms with E-state index in [4.69, 9.17) is 0 Å². The molecular weight excluding hydrogens is 475 g/mol. The van der Waals surface area contributed by atoms with Gasteiger partial charge in [-0.2, -0.15) is 0 Å². The first-order chi connectivity index (χ1) is 18.6. The molecular formula is C33H37FN2O2. The van der Waals surface area contributed by atoms with E-state index in [9.17, 15) is 14.0 Å². The van der Waals surface area contributed by atoms with Gasteiger partial charge in [-0.15, -0.1) is 0 Å². The highest BCUT2D eigenvalue weighted by Crippen LogP contribution is 2.20. The predicted molar refractivity (Wildman–Crippen MR) is 150 cm³/mol. The predicted octanol–water partition coefficient (Wildman–Crippen LogP) is 6.41. The number of nitrogens with one attached hydrogen (secondary N) is 1.